The standard InChI is InChI=1S/C29H28O7/c1-16(27(32)18-7-9-23(30)25(12-18)33-2)17-5-4-6-19(11-17)28-21-14-36-29(22(21)15-35-28)20-8-10-24(31)26(13-20)34-3/h4-13,21-22,28-31H,1,14-15H2,2-3H3/t21-,22-,28+,29+/m0/s1. The summed E-state index contributed by atoms with van der Waals surface area (Å²) in [5, 5.41) is 19.8. The molecule has 186 valence electrons. The Morgan fingerprint density at radius 1 is 0.806 bits per heavy atom. The van der Waals surface area contributed by atoms with Crippen LogP contribution in [0.5, 0.6) is 23.0 Å². The number of allylic oxidation sites excluding steroid dienone is 1. The number of carbonyl (C=O) groups excluding carboxylic acids is 1. The van der Waals surface area contributed by atoms with Gasteiger partial charge in [0.15, 0.2) is 28.8 Å². The molecule has 2 aliphatic rings. The van der Waals surface area contributed by atoms with Crippen LogP contribution in [0.3, 0.4) is 0 Å². The largest absolute Gasteiger partial charge is 0.504 e. The summed E-state index contributed by atoms with van der Waals surface area (Å²) in [6.07, 6.45) is -0.325. The Kier molecular flexibility index (Phi) is 6.43. The van der Waals surface area contributed by atoms with Gasteiger partial charge in [0.2, 0.25) is 0 Å². The minimum Gasteiger partial charge on any atom is -0.504 e. The molecule has 7 heteroatoms. The van der Waals surface area contributed by atoms with Gasteiger partial charge in [0.25, 0.3) is 0 Å². The lowest BCUT2D eigenvalue weighted by molar-refractivity contribution is 0.0192. The summed E-state index contributed by atoms with van der Waals surface area (Å²) in [6, 6.07) is 17.5. The van der Waals surface area contributed by atoms with Gasteiger partial charge in [-0.15, -0.1) is 0 Å². The van der Waals surface area contributed by atoms with Crippen molar-refractivity contribution in [3.8, 4) is 23.0 Å². The molecule has 2 aliphatic heterocycles. The lowest BCUT2D eigenvalue weighted by atomic mass is 9.84. The van der Waals surface area contributed by atoms with E-state index in [1.54, 1.807) is 12.1 Å². The Morgan fingerprint density at radius 3 is 2.03 bits per heavy atom. The highest BCUT2D eigenvalue weighted by atomic mass is 16.5. The van der Waals surface area contributed by atoms with Crippen LogP contribution >= 0.6 is 0 Å². The zero-order valence-corrected chi connectivity index (χ0v) is 20.1. The summed E-state index contributed by atoms with van der Waals surface area (Å²) in [6.45, 7) is 5.12. The van der Waals surface area contributed by atoms with E-state index in [1.165, 1.54) is 26.4 Å². The van der Waals surface area contributed by atoms with E-state index < -0.39 is 0 Å². The van der Waals surface area contributed by atoms with Crippen molar-refractivity contribution >= 4 is 11.4 Å². The van der Waals surface area contributed by atoms with Crippen molar-refractivity contribution in [2.45, 2.75) is 12.2 Å². The maximum absolute atomic E-state index is 13.1. The number of hydrogen-bond acceptors (Lipinski definition) is 7. The van der Waals surface area contributed by atoms with Crippen molar-refractivity contribution in [3.05, 3.63) is 89.5 Å². The highest BCUT2D eigenvalue weighted by Gasteiger charge is 2.48. The molecule has 3 aromatic carbocycles. The van der Waals surface area contributed by atoms with Crippen molar-refractivity contribution in [1.82, 2.24) is 0 Å². The summed E-state index contributed by atoms with van der Waals surface area (Å²) in [5.41, 5.74) is 3.34. The monoisotopic (exact) mass is 488 g/mol. The van der Waals surface area contributed by atoms with Gasteiger partial charge in [0.05, 0.1) is 39.6 Å². The third-order valence-corrected chi connectivity index (χ3v) is 7.08. The molecule has 0 radical (unpaired) electrons. The molecule has 0 spiro atoms. The Labute approximate surface area is 209 Å². The molecule has 36 heavy (non-hydrogen) atoms. The number of benzene rings is 3. The minimum atomic E-state index is -0.249. The fourth-order valence-corrected chi connectivity index (χ4v) is 5.13. The summed E-state index contributed by atoms with van der Waals surface area (Å²) < 4.78 is 22.8. The van der Waals surface area contributed by atoms with E-state index in [4.69, 9.17) is 18.9 Å². The zero-order valence-electron chi connectivity index (χ0n) is 20.1. The van der Waals surface area contributed by atoms with Gasteiger partial charge in [-0.05, 0) is 53.1 Å². The molecular formula is C29H28O7. The van der Waals surface area contributed by atoms with Gasteiger partial charge < -0.3 is 29.2 Å². The van der Waals surface area contributed by atoms with Crippen molar-refractivity contribution < 1.29 is 34.0 Å². The number of rotatable bonds is 7. The number of hydrogen-bond donors (Lipinski definition) is 2. The quantitative estimate of drug-likeness (QED) is 0.354. The molecule has 0 aromatic heterocycles. The van der Waals surface area contributed by atoms with E-state index in [9.17, 15) is 15.0 Å². The fourth-order valence-electron chi connectivity index (χ4n) is 5.13. The van der Waals surface area contributed by atoms with Crippen LogP contribution < -0.4 is 9.47 Å². The Bertz CT molecular complexity index is 1310. The maximum atomic E-state index is 13.1. The van der Waals surface area contributed by atoms with E-state index in [0.717, 1.165) is 11.1 Å². The topological polar surface area (TPSA) is 94.5 Å². The molecule has 2 saturated heterocycles. The van der Waals surface area contributed by atoms with Gasteiger partial charge in [-0.3, -0.25) is 4.79 Å². The number of methoxy groups -OCH3 is 2. The molecule has 0 unspecified atom stereocenters. The maximum Gasteiger partial charge on any atom is 0.193 e. The lowest BCUT2D eigenvalue weighted by Crippen LogP contribution is -2.14. The molecule has 2 N–H and O–H groups in total. The van der Waals surface area contributed by atoms with Crippen LogP contribution in [0.4, 0.5) is 0 Å². The number of fused-ring (bicyclic) bond motifs is 1. The van der Waals surface area contributed by atoms with Gasteiger partial charge in [-0.25, -0.2) is 0 Å². The average Bonchev–Trinajstić information content (AvgIpc) is 3.51. The number of phenols is 2. The van der Waals surface area contributed by atoms with Crippen LogP contribution in [0.1, 0.15) is 39.3 Å². The normalized spacial score (nSPS) is 22.7. The lowest BCUT2D eigenvalue weighted by Gasteiger charge is -2.18. The number of carbonyl (C=O) groups is 1. The molecular weight excluding hydrogens is 460 g/mol. The number of ketones is 1. The molecule has 0 amide bonds. The first-order chi connectivity index (χ1) is 17.4. The van der Waals surface area contributed by atoms with Crippen LogP contribution in [-0.4, -0.2) is 43.4 Å². The zero-order chi connectivity index (χ0) is 25.4. The third-order valence-electron chi connectivity index (χ3n) is 7.08. The van der Waals surface area contributed by atoms with Crippen molar-refractivity contribution in [3.63, 3.8) is 0 Å². The van der Waals surface area contributed by atoms with Crippen LogP contribution in [-0.2, 0) is 9.47 Å². The molecule has 3 aromatic rings. The van der Waals surface area contributed by atoms with E-state index >= 15 is 0 Å². The SMILES string of the molecule is C=C(C(=O)c1ccc(O)c(OC)c1)c1cccc([C@H]2OC[C@H]3[C@@H]2CO[C@@H]3c2ccc(O)c(OC)c2)c1. The van der Waals surface area contributed by atoms with Gasteiger partial charge in [0, 0.05) is 23.0 Å². The fraction of sp³-hybridized carbons (Fsp3) is 0.276. The van der Waals surface area contributed by atoms with Crippen LogP contribution in [0.25, 0.3) is 5.57 Å². The van der Waals surface area contributed by atoms with Crippen LogP contribution in [0.15, 0.2) is 67.2 Å². The highest BCUT2D eigenvalue weighted by molar-refractivity contribution is 6.28. The molecule has 7 nitrogen and oxygen atoms in total. The average molecular weight is 489 g/mol. The number of Topliss-reactive ketones (excluding diaryl/α,β-unsaturated/α-hetero) is 1. The summed E-state index contributed by atoms with van der Waals surface area (Å²) in [4.78, 5) is 13.1. The smallest absolute Gasteiger partial charge is 0.193 e. The van der Waals surface area contributed by atoms with Gasteiger partial charge >= 0.3 is 0 Å². The molecule has 0 saturated carbocycles. The van der Waals surface area contributed by atoms with Crippen LogP contribution in [0, 0.1) is 11.8 Å². The van der Waals surface area contributed by atoms with Crippen molar-refractivity contribution in [2.75, 3.05) is 27.4 Å². The highest BCUT2D eigenvalue weighted by Crippen LogP contribution is 2.51. The van der Waals surface area contributed by atoms with E-state index in [1.807, 2.05) is 36.4 Å². The van der Waals surface area contributed by atoms with E-state index in [-0.39, 0.29) is 47.1 Å². The second-order valence-electron chi connectivity index (χ2n) is 9.09. The van der Waals surface area contributed by atoms with Gasteiger partial charge in [0.1, 0.15) is 0 Å². The third kappa shape index (κ3) is 4.21. The minimum absolute atomic E-state index is 0.0302. The van der Waals surface area contributed by atoms with E-state index in [2.05, 4.69) is 6.58 Å². The van der Waals surface area contributed by atoms with Crippen molar-refractivity contribution in [2.24, 2.45) is 11.8 Å². The predicted octanol–water partition coefficient (Wildman–Crippen LogP) is 5.09. The van der Waals surface area contributed by atoms with Gasteiger partial charge in [-0.2, -0.15) is 0 Å². The summed E-state index contributed by atoms with van der Waals surface area (Å²) in [7, 11) is 2.96. The first-order valence-electron chi connectivity index (χ1n) is 11.7. The summed E-state index contributed by atoms with van der Waals surface area (Å²) in [5.74, 6) is 0.761. The van der Waals surface area contributed by atoms with Crippen molar-refractivity contribution in [1.29, 1.82) is 0 Å². The molecule has 2 heterocycles. The second-order valence-corrected chi connectivity index (χ2v) is 9.09. The first kappa shape index (κ1) is 23.9. The Hall–Kier alpha value is -3.81. The predicted molar refractivity (Wildman–Crippen MR) is 133 cm³/mol. The van der Waals surface area contributed by atoms with E-state index in [0.29, 0.717) is 35.7 Å². The second kappa shape index (κ2) is 9.68. The molecule has 0 bridgehead atoms. The number of aromatic hydroxyl groups is 2. The number of ether oxygens (including phenoxy) is 4. The Balaban J connectivity index is 1.35. The molecule has 5 rings (SSSR count). The Morgan fingerprint density at radius 2 is 1.39 bits per heavy atom. The van der Waals surface area contributed by atoms with Crippen LogP contribution in [0.2, 0.25) is 0 Å². The van der Waals surface area contributed by atoms with Gasteiger partial charge in [-0.1, -0.05) is 30.8 Å². The first-order valence-corrected chi connectivity index (χ1v) is 11.7. The molecule has 4 atom stereocenters. The molecule has 2 fully saturated rings. The number of phenolic OH excluding ortho intramolecular Hbond substituents is 2. The summed E-state index contributed by atoms with van der Waals surface area (Å²) >= 11 is 0. The molecule has 0 aliphatic carbocycles.